The average Bonchev–Trinajstić information content (AvgIpc) is 3.20. The van der Waals surface area contributed by atoms with Crippen LogP contribution in [0, 0.1) is 6.92 Å². The average molecular weight is 506 g/mol. The predicted octanol–water partition coefficient (Wildman–Crippen LogP) is 4.92. The van der Waals surface area contributed by atoms with Crippen LogP contribution in [0.15, 0.2) is 42.9 Å². The Labute approximate surface area is 209 Å². The lowest BCUT2D eigenvalue weighted by Gasteiger charge is -2.19. The number of rotatable bonds is 4. The lowest BCUT2D eigenvalue weighted by atomic mass is 10.0. The summed E-state index contributed by atoms with van der Waals surface area (Å²) in [7, 11) is 0. The number of benzene rings is 1. The van der Waals surface area contributed by atoms with E-state index in [0.717, 1.165) is 39.9 Å². The molecule has 0 radical (unpaired) electrons. The Kier molecular flexibility index (Phi) is 4.64. The highest BCUT2D eigenvalue weighted by Gasteiger charge is 2.46. The van der Waals surface area contributed by atoms with Gasteiger partial charge in [-0.3, -0.25) is 14.3 Å². The molecule has 7 rings (SSSR count). The zero-order valence-electron chi connectivity index (χ0n) is 19.9. The summed E-state index contributed by atoms with van der Waals surface area (Å²) in [5, 5.41) is 7.97. The van der Waals surface area contributed by atoms with E-state index >= 15 is 0 Å². The van der Waals surface area contributed by atoms with Gasteiger partial charge in [-0.2, -0.15) is 13.2 Å². The third-order valence-corrected chi connectivity index (χ3v) is 7.44. The van der Waals surface area contributed by atoms with E-state index in [1.807, 2.05) is 29.8 Å². The number of pyridine rings is 1. The van der Waals surface area contributed by atoms with Crippen LogP contribution >= 0.6 is 0 Å². The second kappa shape index (κ2) is 7.74. The molecule has 2 aliphatic heterocycles. The monoisotopic (exact) mass is 505 g/mol. The van der Waals surface area contributed by atoms with Crippen molar-refractivity contribution in [3.05, 3.63) is 71.1 Å². The molecule has 188 valence electrons. The smallest absolute Gasteiger partial charge is 0.306 e. The molecule has 0 unspecified atom stereocenters. The molecule has 0 saturated heterocycles. The van der Waals surface area contributed by atoms with Crippen molar-refractivity contribution in [3.63, 3.8) is 0 Å². The van der Waals surface area contributed by atoms with Crippen LogP contribution in [-0.4, -0.2) is 41.4 Å². The van der Waals surface area contributed by atoms with E-state index in [4.69, 9.17) is 0 Å². The maximum atomic E-state index is 13.6. The predicted molar refractivity (Wildman–Crippen MR) is 127 cm³/mol. The molecule has 11 heteroatoms. The molecule has 8 nitrogen and oxygen atoms in total. The number of imidazole rings is 1. The molecular formula is C26H22F3N7O. The largest absolute Gasteiger partial charge is 0.409 e. The Bertz CT molecular complexity index is 1570. The summed E-state index contributed by atoms with van der Waals surface area (Å²) in [5.74, 6) is 1.04. The highest BCUT2D eigenvalue weighted by Crippen LogP contribution is 2.42. The van der Waals surface area contributed by atoms with Gasteiger partial charge >= 0.3 is 6.18 Å². The summed E-state index contributed by atoms with van der Waals surface area (Å²) in [6.45, 7) is 2.33. The van der Waals surface area contributed by atoms with E-state index in [-0.39, 0.29) is 30.3 Å². The van der Waals surface area contributed by atoms with E-state index < -0.39 is 12.2 Å². The summed E-state index contributed by atoms with van der Waals surface area (Å²) in [5.41, 5.74) is 4.69. The van der Waals surface area contributed by atoms with Crippen LogP contribution in [0.3, 0.4) is 0 Å². The van der Waals surface area contributed by atoms with Crippen LogP contribution in [0.25, 0.3) is 17.2 Å². The number of halogens is 3. The Balaban J connectivity index is 1.21. The Morgan fingerprint density at radius 2 is 1.92 bits per heavy atom. The minimum atomic E-state index is -4.41. The van der Waals surface area contributed by atoms with Gasteiger partial charge in [0.05, 0.1) is 24.3 Å². The highest BCUT2D eigenvalue weighted by atomic mass is 19.4. The van der Waals surface area contributed by atoms with Crippen molar-refractivity contribution >= 4 is 11.7 Å². The molecule has 4 aromatic rings. The molecular weight excluding hydrogens is 483 g/mol. The minimum Gasteiger partial charge on any atom is -0.306 e. The number of hydrogen-bond donors (Lipinski definition) is 0. The Morgan fingerprint density at radius 3 is 2.70 bits per heavy atom. The van der Waals surface area contributed by atoms with E-state index in [2.05, 4.69) is 20.2 Å². The van der Waals surface area contributed by atoms with Crippen molar-refractivity contribution in [2.45, 2.75) is 57.3 Å². The number of hydrogen-bond acceptors (Lipinski definition) is 5. The van der Waals surface area contributed by atoms with Crippen molar-refractivity contribution in [2.75, 3.05) is 4.90 Å². The molecule has 5 heterocycles. The van der Waals surface area contributed by atoms with Crippen LogP contribution in [0.4, 0.5) is 19.0 Å². The van der Waals surface area contributed by atoms with E-state index in [1.165, 1.54) is 0 Å². The molecule has 1 aromatic carbocycles. The zero-order chi connectivity index (χ0) is 25.5. The lowest BCUT2D eigenvalue weighted by Crippen LogP contribution is -2.25. The molecule has 0 N–H and O–H groups in total. The van der Waals surface area contributed by atoms with Crippen LogP contribution < -0.4 is 4.90 Å². The second-order valence-corrected chi connectivity index (χ2v) is 9.95. The first kappa shape index (κ1) is 22.2. The molecule has 1 aliphatic carbocycles. The summed E-state index contributed by atoms with van der Waals surface area (Å²) in [4.78, 5) is 24.1. The van der Waals surface area contributed by atoms with Crippen molar-refractivity contribution in [3.8, 4) is 17.2 Å². The van der Waals surface area contributed by atoms with Gasteiger partial charge in [-0.25, -0.2) is 9.97 Å². The molecule has 3 aromatic heterocycles. The molecule has 3 aliphatic rings. The standard InChI is InChI=1S/C26H22F3N7O/c1-14-9-16-11-35(25(37)17(16)10-20(14)34-12-19(30-13-34)15-5-6-15)22-4-2-3-18(31-22)24-33-32-23-8-7-21(36(23)24)26(27,28)29/h2-4,9-10,12-13,15,21H,5-8,11H2,1H3/t21-/m0/s1. The number of aromatic nitrogens is 6. The van der Waals surface area contributed by atoms with Gasteiger partial charge in [0.15, 0.2) is 5.82 Å². The number of anilines is 1. The van der Waals surface area contributed by atoms with Gasteiger partial charge < -0.3 is 4.57 Å². The molecule has 1 fully saturated rings. The highest BCUT2D eigenvalue weighted by molar-refractivity contribution is 6.10. The second-order valence-electron chi connectivity index (χ2n) is 9.95. The van der Waals surface area contributed by atoms with E-state index in [0.29, 0.717) is 29.7 Å². The maximum absolute atomic E-state index is 13.6. The normalized spacial score (nSPS) is 19.0. The van der Waals surface area contributed by atoms with Crippen molar-refractivity contribution in [1.29, 1.82) is 0 Å². The van der Waals surface area contributed by atoms with Gasteiger partial charge in [-0.05, 0) is 55.5 Å². The van der Waals surface area contributed by atoms with E-state index in [1.54, 1.807) is 29.4 Å². The fraction of sp³-hybridized carbons (Fsp3) is 0.346. The molecule has 1 amide bonds. The third-order valence-electron chi connectivity index (χ3n) is 7.44. The summed E-state index contributed by atoms with van der Waals surface area (Å²) in [6, 6.07) is 7.16. The summed E-state index contributed by atoms with van der Waals surface area (Å²) >= 11 is 0. The zero-order valence-corrected chi connectivity index (χ0v) is 19.9. The third kappa shape index (κ3) is 3.55. The van der Waals surface area contributed by atoms with Crippen molar-refractivity contribution in [2.24, 2.45) is 0 Å². The van der Waals surface area contributed by atoms with Gasteiger partial charge in [-0.15, -0.1) is 10.2 Å². The molecule has 1 saturated carbocycles. The Morgan fingerprint density at radius 1 is 1.08 bits per heavy atom. The quantitative estimate of drug-likeness (QED) is 0.393. The number of alkyl halides is 3. The first-order valence-corrected chi connectivity index (χ1v) is 12.3. The number of aryl methyl sites for hydroxylation is 2. The Hall–Kier alpha value is -4.02. The van der Waals surface area contributed by atoms with Crippen molar-refractivity contribution < 1.29 is 18.0 Å². The maximum Gasteiger partial charge on any atom is 0.409 e. The first-order chi connectivity index (χ1) is 17.8. The lowest BCUT2D eigenvalue weighted by molar-refractivity contribution is -0.165. The summed E-state index contributed by atoms with van der Waals surface area (Å²) in [6.07, 6.45) is 1.87. The summed E-state index contributed by atoms with van der Waals surface area (Å²) < 4.78 is 43.9. The van der Waals surface area contributed by atoms with Crippen LogP contribution in [0.2, 0.25) is 0 Å². The number of carbonyl (C=O) groups excluding carboxylic acids is 1. The van der Waals surface area contributed by atoms with Gasteiger partial charge in [-0.1, -0.05) is 12.1 Å². The van der Waals surface area contributed by atoms with Crippen molar-refractivity contribution in [1.82, 2.24) is 29.3 Å². The van der Waals surface area contributed by atoms with Crippen LogP contribution in [-0.2, 0) is 13.0 Å². The molecule has 0 bridgehead atoms. The van der Waals surface area contributed by atoms with Gasteiger partial charge in [0, 0.05) is 24.1 Å². The fourth-order valence-corrected chi connectivity index (χ4v) is 5.40. The molecule has 37 heavy (non-hydrogen) atoms. The molecule has 0 spiro atoms. The number of amides is 1. The number of carbonyl (C=O) groups is 1. The SMILES string of the molecule is Cc1cc2c(cc1-n1cnc(C3CC3)c1)C(=O)N(c1cccc(-c3nnc4n3[C@H](C(F)(F)F)CC4)n1)C2. The van der Waals surface area contributed by atoms with Gasteiger partial charge in [0.25, 0.3) is 5.91 Å². The van der Waals surface area contributed by atoms with Crippen LogP contribution in [0.5, 0.6) is 0 Å². The fourth-order valence-electron chi connectivity index (χ4n) is 5.40. The molecule has 1 atom stereocenters. The number of fused-ring (bicyclic) bond motifs is 2. The minimum absolute atomic E-state index is 0.0607. The van der Waals surface area contributed by atoms with E-state index in [9.17, 15) is 18.0 Å². The van der Waals surface area contributed by atoms with Crippen LogP contribution in [0.1, 0.15) is 64.2 Å². The first-order valence-electron chi connectivity index (χ1n) is 12.3. The van der Waals surface area contributed by atoms with Gasteiger partial charge in [0.1, 0.15) is 23.4 Å². The number of nitrogens with zero attached hydrogens (tertiary/aromatic N) is 7. The van der Waals surface area contributed by atoms with Gasteiger partial charge in [0.2, 0.25) is 0 Å². The topological polar surface area (TPSA) is 81.7 Å².